The van der Waals surface area contributed by atoms with Gasteiger partial charge in [-0.05, 0) is 6.07 Å². The number of nitrogens with one attached hydrogen (secondary N) is 1. The lowest BCUT2D eigenvalue weighted by Crippen LogP contribution is -2.09. The molecule has 2 aromatic heterocycles. The zero-order chi connectivity index (χ0) is 15.6. The number of carboxylic acid groups (broad SMARTS) is 1. The van der Waals surface area contributed by atoms with Crippen LogP contribution in [0.4, 0.5) is 16.4 Å². The number of nitrogens with zero attached hydrogens (tertiary/aromatic N) is 3. The Labute approximate surface area is 137 Å². The Bertz CT molecular complexity index is 715. The molecule has 7 nitrogen and oxygen atoms in total. The van der Waals surface area contributed by atoms with Gasteiger partial charge in [0.2, 0.25) is 0 Å². The van der Waals surface area contributed by atoms with E-state index in [9.17, 15) is 4.79 Å². The van der Waals surface area contributed by atoms with Crippen LogP contribution in [0.3, 0.4) is 0 Å². The first-order valence-corrected chi connectivity index (χ1v) is 7.13. The molecule has 0 fully saturated rings. The Hall–Kier alpha value is -1.48. The molecule has 11 heteroatoms. The van der Waals surface area contributed by atoms with Crippen molar-refractivity contribution in [2.75, 3.05) is 11.1 Å². The molecule has 4 N–H and O–H groups in total. The molecule has 2 heterocycles. The first-order valence-electron chi connectivity index (χ1n) is 5.18. The molecule has 0 radical (unpaired) electrons. The van der Waals surface area contributed by atoms with E-state index in [0.717, 1.165) is 11.8 Å². The lowest BCUT2D eigenvalue weighted by Gasteiger charge is -2.09. The van der Waals surface area contributed by atoms with E-state index >= 15 is 0 Å². The van der Waals surface area contributed by atoms with Gasteiger partial charge < -0.3 is 10.8 Å². The maximum absolute atomic E-state index is 10.6. The molecule has 0 unspecified atom stereocenters. The van der Waals surface area contributed by atoms with Crippen LogP contribution in [-0.2, 0) is 0 Å². The number of hydrogen-bond donors (Lipinski definition) is 3. The number of aromatic nitrogens is 3. The number of amides is 1. The van der Waals surface area contributed by atoms with Gasteiger partial charge in [-0.3, -0.25) is 5.32 Å². The molecule has 2 aromatic rings. The van der Waals surface area contributed by atoms with Crippen molar-refractivity contribution in [2.24, 2.45) is 0 Å². The average Bonchev–Trinajstić information content (AvgIpc) is 2.37. The maximum atomic E-state index is 10.6. The monoisotopic (exact) mass is 365 g/mol. The number of nitrogen functional groups attached to an aromatic ring is 1. The first-order chi connectivity index (χ1) is 9.86. The predicted molar refractivity (Wildman–Crippen MR) is 81.5 cm³/mol. The van der Waals surface area contributed by atoms with Crippen molar-refractivity contribution in [3.05, 3.63) is 27.6 Å². The Balaban J connectivity index is 2.38. The number of rotatable bonds is 3. The van der Waals surface area contributed by atoms with E-state index in [0.29, 0.717) is 9.92 Å². The largest absolute Gasteiger partial charge is 0.465 e. The molecule has 1 amide bonds. The molecule has 0 aliphatic carbocycles. The van der Waals surface area contributed by atoms with Crippen LogP contribution in [0.5, 0.6) is 0 Å². The molecule has 0 aromatic carbocycles. The molecule has 0 bridgehead atoms. The molecule has 0 aliphatic heterocycles. The van der Waals surface area contributed by atoms with Gasteiger partial charge in [-0.1, -0.05) is 46.6 Å². The van der Waals surface area contributed by atoms with Gasteiger partial charge in [0.15, 0.2) is 11.0 Å². The zero-order valence-electron chi connectivity index (χ0n) is 9.97. The molecular weight excluding hydrogens is 361 g/mol. The van der Waals surface area contributed by atoms with E-state index in [1.54, 1.807) is 0 Å². The van der Waals surface area contributed by atoms with Crippen molar-refractivity contribution in [1.82, 2.24) is 15.0 Å². The summed E-state index contributed by atoms with van der Waals surface area (Å²) < 4.78 is 0. The Morgan fingerprint density at radius 2 is 2.05 bits per heavy atom. The summed E-state index contributed by atoms with van der Waals surface area (Å²) in [6.07, 6.45) is 0.0514. The highest BCUT2D eigenvalue weighted by molar-refractivity contribution is 7.99. The van der Waals surface area contributed by atoms with E-state index in [1.165, 1.54) is 12.3 Å². The molecule has 110 valence electrons. The molecule has 0 saturated carbocycles. The zero-order valence-corrected chi connectivity index (χ0v) is 13.1. The number of anilines is 2. The second-order valence-corrected chi connectivity index (χ2v) is 5.68. The summed E-state index contributed by atoms with van der Waals surface area (Å²) in [4.78, 5) is 22.7. The Morgan fingerprint density at radius 3 is 2.67 bits per heavy atom. The molecule has 21 heavy (non-hydrogen) atoms. The minimum Gasteiger partial charge on any atom is -0.465 e. The molecule has 0 spiro atoms. The minimum absolute atomic E-state index is 0.0277. The lowest BCUT2D eigenvalue weighted by molar-refractivity contribution is 0.209. The molecule has 0 atom stereocenters. The highest BCUT2D eigenvalue weighted by Gasteiger charge is 2.14. The summed E-state index contributed by atoms with van der Waals surface area (Å²) >= 11 is 18.6. The van der Waals surface area contributed by atoms with Gasteiger partial charge in [0.1, 0.15) is 16.0 Å². The summed E-state index contributed by atoms with van der Waals surface area (Å²) in [6, 6.07) is 1.41. The summed E-state index contributed by atoms with van der Waals surface area (Å²) in [5.41, 5.74) is 5.70. The van der Waals surface area contributed by atoms with Gasteiger partial charge in [0, 0.05) is 4.90 Å². The van der Waals surface area contributed by atoms with E-state index < -0.39 is 6.09 Å². The van der Waals surface area contributed by atoms with Gasteiger partial charge in [-0.2, -0.15) is 0 Å². The fourth-order valence-electron chi connectivity index (χ4n) is 1.28. The van der Waals surface area contributed by atoms with E-state index in [2.05, 4.69) is 20.3 Å². The van der Waals surface area contributed by atoms with Crippen LogP contribution < -0.4 is 11.1 Å². The molecule has 0 saturated heterocycles. The van der Waals surface area contributed by atoms with Crippen molar-refractivity contribution in [3.63, 3.8) is 0 Å². The third kappa shape index (κ3) is 4.01. The number of pyridine rings is 1. The average molecular weight is 367 g/mol. The van der Waals surface area contributed by atoms with Gasteiger partial charge in [0.05, 0.1) is 11.2 Å². The Kier molecular flexibility index (Phi) is 4.94. The fraction of sp³-hybridized carbons (Fsp3) is 0. The normalized spacial score (nSPS) is 10.4. The second-order valence-electron chi connectivity index (χ2n) is 3.53. The van der Waals surface area contributed by atoms with Crippen molar-refractivity contribution in [2.45, 2.75) is 9.92 Å². The third-order valence-corrected chi connectivity index (χ3v) is 4.16. The van der Waals surface area contributed by atoms with Crippen molar-refractivity contribution in [1.29, 1.82) is 0 Å². The number of hydrogen-bond acceptors (Lipinski definition) is 6. The van der Waals surface area contributed by atoms with Crippen molar-refractivity contribution >= 4 is 64.3 Å². The van der Waals surface area contributed by atoms with Gasteiger partial charge >= 0.3 is 6.09 Å². The van der Waals surface area contributed by atoms with E-state index in [1.807, 2.05) is 0 Å². The van der Waals surface area contributed by atoms with Gasteiger partial charge in [-0.15, -0.1) is 0 Å². The quantitative estimate of drug-likeness (QED) is 0.710. The third-order valence-electron chi connectivity index (χ3n) is 2.06. The van der Waals surface area contributed by atoms with Crippen LogP contribution >= 0.6 is 46.6 Å². The predicted octanol–water partition coefficient (Wildman–Crippen LogP) is 3.66. The van der Waals surface area contributed by atoms with Crippen LogP contribution in [0.15, 0.2) is 22.2 Å². The molecule has 0 aliphatic rings. The minimum atomic E-state index is -1.28. The SMILES string of the molecule is Nc1nc(Cl)cnc1Sc1cc(NC(=O)O)nc(Cl)c1Cl. The summed E-state index contributed by atoms with van der Waals surface area (Å²) in [5.74, 6) is 0.143. The topological polar surface area (TPSA) is 114 Å². The smallest absolute Gasteiger partial charge is 0.410 e. The number of carbonyl (C=O) groups is 1. The molecular formula is C10H6Cl3N5O2S. The number of halogens is 3. The van der Waals surface area contributed by atoms with E-state index in [-0.39, 0.29) is 27.0 Å². The summed E-state index contributed by atoms with van der Waals surface area (Å²) in [5, 5.41) is 11.4. The van der Waals surface area contributed by atoms with Crippen LogP contribution in [0.25, 0.3) is 0 Å². The highest BCUT2D eigenvalue weighted by atomic mass is 35.5. The van der Waals surface area contributed by atoms with Crippen LogP contribution in [0.1, 0.15) is 0 Å². The second kappa shape index (κ2) is 6.52. The summed E-state index contributed by atoms with van der Waals surface area (Å²) in [6.45, 7) is 0. The van der Waals surface area contributed by atoms with Crippen LogP contribution in [-0.4, -0.2) is 26.2 Å². The van der Waals surface area contributed by atoms with Crippen molar-refractivity contribution in [3.8, 4) is 0 Å². The van der Waals surface area contributed by atoms with Gasteiger partial charge in [0.25, 0.3) is 0 Å². The van der Waals surface area contributed by atoms with Crippen LogP contribution in [0.2, 0.25) is 15.3 Å². The lowest BCUT2D eigenvalue weighted by atomic mass is 10.4. The first kappa shape index (κ1) is 15.9. The van der Waals surface area contributed by atoms with E-state index in [4.69, 9.17) is 45.6 Å². The van der Waals surface area contributed by atoms with Crippen LogP contribution in [0, 0.1) is 0 Å². The maximum Gasteiger partial charge on any atom is 0.410 e. The Morgan fingerprint density at radius 1 is 1.33 bits per heavy atom. The molecule has 2 rings (SSSR count). The fourth-order valence-corrected chi connectivity index (χ4v) is 2.70. The highest BCUT2D eigenvalue weighted by Crippen LogP contribution is 2.38. The number of nitrogens with two attached hydrogens (primary N) is 1. The summed E-state index contributed by atoms with van der Waals surface area (Å²) in [7, 11) is 0. The van der Waals surface area contributed by atoms with Gasteiger partial charge in [-0.25, -0.2) is 19.7 Å². The standard InChI is InChI=1S/C10H6Cl3N5O2S/c11-4-2-15-9(8(14)16-4)21-3-1-5(18-10(19)20)17-7(13)6(3)12/h1-2H,(H2,14,16)(H,17,18)(H,19,20). The van der Waals surface area contributed by atoms with Crippen molar-refractivity contribution < 1.29 is 9.90 Å².